The Morgan fingerprint density at radius 1 is 1.17 bits per heavy atom. The highest BCUT2D eigenvalue weighted by Gasteiger charge is 2.39. The third-order valence-corrected chi connectivity index (χ3v) is 4.55. The molecule has 7 heteroatoms. The molecule has 1 aliphatic carbocycles. The first-order valence-corrected chi connectivity index (χ1v) is 8.72. The van der Waals surface area contributed by atoms with E-state index in [1.807, 2.05) is 20.8 Å². The molecule has 1 saturated carbocycles. The molecule has 1 aliphatic heterocycles. The molecule has 1 aromatic heterocycles. The number of hydrogen-bond acceptors (Lipinski definition) is 6. The van der Waals surface area contributed by atoms with Gasteiger partial charge in [0.05, 0.1) is 0 Å². The molecule has 1 atom stereocenters. The van der Waals surface area contributed by atoms with Gasteiger partial charge in [-0.2, -0.15) is 4.98 Å². The number of amides is 1. The number of carbonyl (C=O) groups excluding carboxylic acids is 2. The summed E-state index contributed by atoms with van der Waals surface area (Å²) in [5.41, 5.74) is -0.588. The van der Waals surface area contributed by atoms with Gasteiger partial charge < -0.3 is 9.26 Å². The Bertz CT molecular complexity index is 614. The van der Waals surface area contributed by atoms with Gasteiger partial charge in [-0.1, -0.05) is 18.0 Å². The standard InChI is InChI=1S/C17H25N3O4/c1-17(2,3)23-16(22)20-10-6-9-12(20)13(21)14-18-15(24-19-14)11-7-4-5-8-11/h11-12H,4-10H2,1-3H3/t12-/m0/s1. The molecular formula is C17H25N3O4. The Balaban J connectivity index is 1.70. The van der Waals surface area contributed by atoms with Gasteiger partial charge in [0, 0.05) is 12.5 Å². The molecule has 3 rings (SSSR count). The highest BCUT2D eigenvalue weighted by Crippen LogP contribution is 2.33. The summed E-state index contributed by atoms with van der Waals surface area (Å²) in [6, 6.07) is -0.561. The van der Waals surface area contributed by atoms with Gasteiger partial charge in [0.25, 0.3) is 0 Å². The zero-order valence-corrected chi connectivity index (χ0v) is 14.6. The number of likely N-dealkylation sites (tertiary alicyclic amines) is 1. The van der Waals surface area contributed by atoms with Crippen LogP contribution >= 0.6 is 0 Å². The average Bonchev–Trinajstić information content (AvgIpc) is 3.24. The molecule has 0 N–H and O–H groups in total. The number of aromatic nitrogens is 2. The molecule has 0 spiro atoms. The number of Topliss-reactive ketones (excluding diaryl/α,β-unsaturated/α-hetero) is 1. The lowest BCUT2D eigenvalue weighted by atomic mass is 10.1. The van der Waals surface area contributed by atoms with Crippen LogP contribution in [0.15, 0.2) is 4.52 Å². The fraction of sp³-hybridized carbons (Fsp3) is 0.765. The Hall–Kier alpha value is -1.92. The van der Waals surface area contributed by atoms with Crippen molar-refractivity contribution in [2.75, 3.05) is 6.54 Å². The van der Waals surface area contributed by atoms with E-state index in [4.69, 9.17) is 9.26 Å². The minimum absolute atomic E-state index is 0.0809. The van der Waals surface area contributed by atoms with Crippen LogP contribution < -0.4 is 0 Å². The third kappa shape index (κ3) is 3.60. The fourth-order valence-electron chi connectivity index (χ4n) is 3.40. The van der Waals surface area contributed by atoms with E-state index in [0.717, 1.165) is 32.1 Å². The zero-order chi connectivity index (χ0) is 17.3. The lowest BCUT2D eigenvalue weighted by molar-refractivity contribution is 0.0221. The van der Waals surface area contributed by atoms with E-state index >= 15 is 0 Å². The van der Waals surface area contributed by atoms with Gasteiger partial charge in [0.2, 0.25) is 17.5 Å². The van der Waals surface area contributed by atoms with Crippen molar-refractivity contribution in [3.05, 3.63) is 11.7 Å². The molecule has 2 heterocycles. The van der Waals surface area contributed by atoms with Crippen molar-refractivity contribution < 1.29 is 18.8 Å². The van der Waals surface area contributed by atoms with Gasteiger partial charge in [0.1, 0.15) is 11.6 Å². The SMILES string of the molecule is CC(C)(C)OC(=O)N1CCC[C@H]1C(=O)c1noc(C2CCCC2)n1. The molecular weight excluding hydrogens is 310 g/mol. The fourth-order valence-corrected chi connectivity index (χ4v) is 3.40. The Labute approximate surface area is 141 Å². The predicted molar refractivity (Wildman–Crippen MR) is 85.8 cm³/mol. The second-order valence-corrected chi connectivity index (χ2v) is 7.63. The minimum Gasteiger partial charge on any atom is -0.444 e. The summed E-state index contributed by atoms with van der Waals surface area (Å²) < 4.78 is 10.7. The van der Waals surface area contributed by atoms with E-state index in [1.165, 1.54) is 4.90 Å². The summed E-state index contributed by atoms with van der Waals surface area (Å²) in [6.07, 6.45) is 5.29. The summed E-state index contributed by atoms with van der Waals surface area (Å²) >= 11 is 0. The minimum atomic E-state index is -0.588. The second kappa shape index (κ2) is 6.53. The van der Waals surface area contributed by atoms with Crippen LogP contribution in [0.5, 0.6) is 0 Å². The van der Waals surface area contributed by atoms with Gasteiger partial charge in [-0.25, -0.2) is 4.79 Å². The smallest absolute Gasteiger partial charge is 0.410 e. The lowest BCUT2D eigenvalue weighted by Crippen LogP contribution is -2.43. The van der Waals surface area contributed by atoms with Crippen molar-refractivity contribution in [2.45, 2.75) is 76.9 Å². The molecule has 1 amide bonds. The number of ether oxygens (including phenoxy) is 1. The quantitative estimate of drug-likeness (QED) is 0.788. The van der Waals surface area contributed by atoms with E-state index in [0.29, 0.717) is 18.9 Å². The normalized spacial score (nSPS) is 22.1. The number of rotatable bonds is 3. The van der Waals surface area contributed by atoms with E-state index in [1.54, 1.807) is 0 Å². The van der Waals surface area contributed by atoms with E-state index in [2.05, 4.69) is 10.1 Å². The van der Waals surface area contributed by atoms with Crippen LogP contribution in [0, 0.1) is 0 Å². The summed E-state index contributed by atoms with van der Waals surface area (Å²) in [6.45, 7) is 5.94. The highest BCUT2D eigenvalue weighted by molar-refractivity contribution is 5.98. The summed E-state index contributed by atoms with van der Waals surface area (Å²) in [5, 5.41) is 3.86. The van der Waals surface area contributed by atoms with Crippen molar-refractivity contribution >= 4 is 11.9 Å². The molecule has 0 radical (unpaired) electrons. The molecule has 2 fully saturated rings. The largest absolute Gasteiger partial charge is 0.444 e. The maximum absolute atomic E-state index is 12.7. The first-order chi connectivity index (χ1) is 11.3. The van der Waals surface area contributed by atoms with Gasteiger partial charge >= 0.3 is 6.09 Å². The van der Waals surface area contributed by atoms with Crippen LogP contribution in [-0.4, -0.2) is 45.1 Å². The lowest BCUT2D eigenvalue weighted by Gasteiger charge is -2.27. The number of hydrogen-bond donors (Lipinski definition) is 0. The molecule has 24 heavy (non-hydrogen) atoms. The number of ketones is 1. The van der Waals surface area contributed by atoms with E-state index in [9.17, 15) is 9.59 Å². The molecule has 7 nitrogen and oxygen atoms in total. The Morgan fingerprint density at radius 3 is 2.54 bits per heavy atom. The van der Waals surface area contributed by atoms with Crippen LogP contribution in [0.4, 0.5) is 4.79 Å². The second-order valence-electron chi connectivity index (χ2n) is 7.63. The monoisotopic (exact) mass is 335 g/mol. The van der Waals surface area contributed by atoms with Crippen LogP contribution in [0.1, 0.15) is 81.7 Å². The Morgan fingerprint density at radius 2 is 1.88 bits per heavy atom. The number of nitrogens with zero attached hydrogens (tertiary/aromatic N) is 3. The van der Waals surface area contributed by atoms with E-state index in [-0.39, 0.29) is 17.5 Å². The van der Waals surface area contributed by atoms with Crippen LogP contribution in [0.2, 0.25) is 0 Å². The van der Waals surface area contributed by atoms with Crippen molar-refractivity contribution in [3.8, 4) is 0 Å². The summed E-state index contributed by atoms with van der Waals surface area (Å²) in [4.78, 5) is 30.8. The molecule has 0 aromatic carbocycles. The topological polar surface area (TPSA) is 85.5 Å². The van der Waals surface area contributed by atoms with Crippen LogP contribution in [0.25, 0.3) is 0 Å². The van der Waals surface area contributed by atoms with E-state index < -0.39 is 17.7 Å². The molecule has 132 valence electrons. The van der Waals surface area contributed by atoms with Crippen molar-refractivity contribution in [1.82, 2.24) is 15.0 Å². The predicted octanol–water partition coefficient (Wildman–Crippen LogP) is 3.31. The first kappa shape index (κ1) is 16.9. The zero-order valence-electron chi connectivity index (χ0n) is 14.6. The van der Waals surface area contributed by atoms with Gasteiger partial charge in [0.15, 0.2) is 0 Å². The maximum Gasteiger partial charge on any atom is 0.410 e. The van der Waals surface area contributed by atoms with Crippen LogP contribution in [-0.2, 0) is 4.74 Å². The highest BCUT2D eigenvalue weighted by atomic mass is 16.6. The van der Waals surface area contributed by atoms with Gasteiger partial charge in [-0.15, -0.1) is 0 Å². The molecule has 2 aliphatic rings. The summed E-state index contributed by atoms with van der Waals surface area (Å²) in [7, 11) is 0. The molecule has 0 bridgehead atoms. The third-order valence-electron chi connectivity index (χ3n) is 4.55. The summed E-state index contributed by atoms with van der Waals surface area (Å²) in [5.74, 6) is 0.644. The van der Waals surface area contributed by atoms with Gasteiger partial charge in [-0.3, -0.25) is 9.69 Å². The number of carbonyl (C=O) groups is 2. The Kier molecular flexibility index (Phi) is 4.60. The van der Waals surface area contributed by atoms with Gasteiger partial charge in [-0.05, 0) is 46.5 Å². The maximum atomic E-state index is 12.7. The molecule has 0 unspecified atom stereocenters. The van der Waals surface area contributed by atoms with Crippen molar-refractivity contribution in [1.29, 1.82) is 0 Å². The first-order valence-electron chi connectivity index (χ1n) is 8.72. The average molecular weight is 335 g/mol. The molecule has 1 aromatic rings. The van der Waals surface area contributed by atoms with Crippen LogP contribution in [0.3, 0.4) is 0 Å². The van der Waals surface area contributed by atoms with Crippen molar-refractivity contribution in [2.24, 2.45) is 0 Å². The van der Waals surface area contributed by atoms with Crippen molar-refractivity contribution in [3.63, 3.8) is 0 Å². The molecule has 1 saturated heterocycles.